The first kappa shape index (κ1) is 19.3. The van der Waals surface area contributed by atoms with E-state index in [1.807, 2.05) is 54.9 Å². The van der Waals surface area contributed by atoms with Crippen molar-refractivity contribution < 1.29 is 4.79 Å². The Labute approximate surface area is 173 Å². The number of carbonyl (C=O) groups is 1. The molecule has 0 unspecified atom stereocenters. The van der Waals surface area contributed by atoms with Crippen LogP contribution in [0.15, 0.2) is 48.8 Å². The minimum Gasteiger partial charge on any atom is -0.384 e. The van der Waals surface area contributed by atoms with Gasteiger partial charge in [0.05, 0.1) is 29.1 Å². The lowest BCUT2D eigenvalue weighted by Crippen LogP contribution is -2.32. The molecule has 9 heteroatoms. The molecule has 152 valence electrons. The summed E-state index contributed by atoms with van der Waals surface area (Å²) < 4.78 is 1.90. The molecule has 9 nitrogen and oxygen atoms in total. The van der Waals surface area contributed by atoms with Crippen LogP contribution in [0, 0.1) is 13.8 Å². The molecule has 4 rings (SSSR count). The average Bonchev–Trinajstić information content (AvgIpc) is 3.03. The van der Waals surface area contributed by atoms with Gasteiger partial charge in [-0.05, 0) is 38.1 Å². The Morgan fingerprint density at radius 1 is 1.17 bits per heavy atom. The Morgan fingerprint density at radius 2 is 1.97 bits per heavy atom. The number of fused-ring (bicyclic) bond motifs is 1. The quantitative estimate of drug-likeness (QED) is 0.542. The molecule has 4 aromatic rings. The van der Waals surface area contributed by atoms with Gasteiger partial charge < -0.3 is 11.1 Å². The van der Waals surface area contributed by atoms with Gasteiger partial charge in [-0.3, -0.25) is 14.6 Å². The number of benzene rings is 1. The van der Waals surface area contributed by atoms with Crippen LogP contribution < -0.4 is 16.0 Å². The number of urea groups is 1. The third kappa shape index (κ3) is 3.77. The molecule has 0 atom stereocenters. The van der Waals surface area contributed by atoms with Crippen molar-refractivity contribution in [2.75, 3.05) is 23.0 Å². The molecule has 0 aliphatic carbocycles. The summed E-state index contributed by atoms with van der Waals surface area (Å²) in [5.41, 5.74) is 9.99. The standard InChI is InChI=1S/C21H22N8O/c1-13-6-4-7-15(25-13)11-29-17-9-5-8-16(20(17)14(2)27-29)26-21(30)28(3)19-10-18(22)23-12-24-19/h4-10,12H,11H2,1-3H3,(H,26,30)(H2,22,23,24). The van der Waals surface area contributed by atoms with Crippen LogP contribution in [0.5, 0.6) is 0 Å². The van der Waals surface area contributed by atoms with E-state index in [4.69, 9.17) is 5.73 Å². The number of anilines is 3. The van der Waals surface area contributed by atoms with Crippen molar-refractivity contribution in [3.8, 4) is 0 Å². The molecule has 3 heterocycles. The SMILES string of the molecule is Cc1cccc(Cn2nc(C)c3c(NC(=O)N(C)c4cc(N)ncn4)cccc32)n1. The second-order valence-electron chi connectivity index (χ2n) is 7.00. The predicted molar refractivity (Wildman–Crippen MR) is 116 cm³/mol. The van der Waals surface area contributed by atoms with Gasteiger partial charge >= 0.3 is 6.03 Å². The summed E-state index contributed by atoms with van der Waals surface area (Å²) in [5.74, 6) is 0.703. The number of hydrogen-bond donors (Lipinski definition) is 2. The zero-order valence-corrected chi connectivity index (χ0v) is 17.0. The van der Waals surface area contributed by atoms with Crippen LogP contribution in [0.2, 0.25) is 0 Å². The summed E-state index contributed by atoms with van der Waals surface area (Å²) in [6.07, 6.45) is 1.32. The fraction of sp³-hybridized carbons (Fsp3) is 0.190. The van der Waals surface area contributed by atoms with E-state index in [0.717, 1.165) is 28.0 Å². The number of aromatic nitrogens is 5. The molecule has 30 heavy (non-hydrogen) atoms. The number of rotatable bonds is 4. The van der Waals surface area contributed by atoms with Crippen molar-refractivity contribution in [3.63, 3.8) is 0 Å². The van der Waals surface area contributed by atoms with E-state index in [-0.39, 0.29) is 6.03 Å². The maximum absolute atomic E-state index is 12.8. The number of carbonyl (C=O) groups excluding carboxylic acids is 1. The molecule has 1 aromatic carbocycles. The second kappa shape index (κ2) is 7.78. The minimum atomic E-state index is -0.340. The first-order chi connectivity index (χ1) is 14.4. The maximum atomic E-state index is 12.8. The fourth-order valence-electron chi connectivity index (χ4n) is 3.33. The summed E-state index contributed by atoms with van der Waals surface area (Å²) in [6.45, 7) is 4.43. The highest BCUT2D eigenvalue weighted by molar-refractivity contribution is 6.07. The lowest BCUT2D eigenvalue weighted by molar-refractivity contribution is 0.258. The normalized spacial score (nSPS) is 10.9. The monoisotopic (exact) mass is 402 g/mol. The van der Waals surface area contributed by atoms with E-state index in [2.05, 4.69) is 25.4 Å². The van der Waals surface area contributed by atoms with Crippen LogP contribution in [0.1, 0.15) is 17.1 Å². The van der Waals surface area contributed by atoms with E-state index in [0.29, 0.717) is 23.9 Å². The second-order valence-corrected chi connectivity index (χ2v) is 7.00. The van der Waals surface area contributed by atoms with Crippen molar-refractivity contribution in [3.05, 3.63) is 65.9 Å². The molecule has 3 aromatic heterocycles. The third-order valence-electron chi connectivity index (χ3n) is 4.77. The number of nitrogens with two attached hydrogens (primary N) is 1. The molecule has 2 amide bonds. The summed E-state index contributed by atoms with van der Waals surface area (Å²) in [5, 5.41) is 8.50. The lowest BCUT2D eigenvalue weighted by Gasteiger charge is -2.17. The van der Waals surface area contributed by atoms with Crippen molar-refractivity contribution in [1.29, 1.82) is 0 Å². The Hall–Kier alpha value is -4.01. The van der Waals surface area contributed by atoms with Crippen molar-refractivity contribution in [1.82, 2.24) is 24.7 Å². The first-order valence-corrected chi connectivity index (χ1v) is 9.43. The van der Waals surface area contributed by atoms with Crippen molar-refractivity contribution in [2.24, 2.45) is 0 Å². The van der Waals surface area contributed by atoms with E-state index in [9.17, 15) is 4.79 Å². The maximum Gasteiger partial charge on any atom is 0.327 e. The average molecular weight is 402 g/mol. The smallest absolute Gasteiger partial charge is 0.327 e. The number of nitrogens with one attached hydrogen (secondary N) is 1. The summed E-state index contributed by atoms with van der Waals surface area (Å²) in [4.78, 5) is 26.7. The Bertz CT molecular complexity index is 1230. The number of pyridine rings is 1. The predicted octanol–water partition coefficient (Wildman–Crippen LogP) is 3.14. The number of aryl methyl sites for hydroxylation is 2. The van der Waals surface area contributed by atoms with Gasteiger partial charge in [-0.15, -0.1) is 0 Å². The highest BCUT2D eigenvalue weighted by atomic mass is 16.2. The molecule has 0 radical (unpaired) electrons. The van der Waals surface area contributed by atoms with Gasteiger partial charge in [-0.25, -0.2) is 14.8 Å². The molecule has 0 aliphatic rings. The lowest BCUT2D eigenvalue weighted by atomic mass is 10.1. The van der Waals surface area contributed by atoms with Crippen LogP contribution in [0.25, 0.3) is 10.9 Å². The van der Waals surface area contributed by atoms with Crippen molar-refractivity contribution >= 4 is 34.3 Å². The van der Waals surface area contributed by atoms with Crippen LogP contribution >= 0.6 is 0 Å². The molecule has 0 spiro atoms. The number of amides is 2. The fourth-order valence-corrected chi connectivity index (χ4v) is 3.33. The molecular formula is C21H22N8O. The molecule has 0 aliphatic heterocycles. The zero-order chi connectivity index (χ0) is 21.3. The van der Waals surface area contributed by atoms with Crippen LogP contribution in [-0.4, -0.2) is 37.8 Å². The van der Waals surface area contributed by atoms with Gasteiger partial charge in [0.25, 0.3) is 0 Å². The Morgan fingerprint density at radius 3 is 2.73 bits per heavy atom. The van der Waals surface area contributed by atoms with E-state index < -0.39 is 0 Å². The molecule has 0 saturated carbocycles. The molecule has 0 saturated heterocycles. The first-order valence-electron chi connectivity index (χ1n) is 9.43. The summed E-state index contributed by atoms with van der Waals surface area (Å²) >= 11 is 0. The third-order valence-corrected chi connectivity index (χ3v) is 4.77. The van der Waals surface area contributed by atoms with Crippen molar-refractivity contribution in [2.45, 2.75) is 20.4 Å². The Balaban J connectivity index is 1.64. The van der Waals surface area contributed by atoms with Gasteiger partial charge in [0.1, 0.15) is 18.0 Å². The number of nitrogen functional groups attached to an aromatic ring is 1. The zero-order valence-electron chi connectivity index (χ0n) is 17.0. The Kier molecular flexibility index (Phi) is 5.01. The molecule has 0 fully saturated rings. The van der Waals surface area contributed by atoms with Gasteiger partial charge in [-0.1, -0.05) is 12.1 Å². The van der Waals surface area contributed by atoms with Gasteiger partial charge in [0.2, 0.25) is 0 Å². The topological polar surface area (TPSA) is 115 Å². The number of nitrogens with zero attached hydrogens (tertiary/aromatic N) is 6. The van der Waals surface area contributed by atoms with E-state index in [1.165, 1.54) is 17.3 Å². The van der Waals surface area contributed by atoms with Crippen LogP contribution in [-0.2, 0) is 6.54 Å². The minimum absolute atomic E-state index is 0.295. The highest BCUT2D eigenvalue weighted by Crippen LogP contribution is 2.27. The summed E-state index contributed by atoms with van der Waals surface area (Å²) in [7, 11) is 1.62. The van der Waals surface area contributed by atoms with Crippen LogP contribution in [0.3, 0.4) is 0 Å². The van der Waals surface area contributed by atoms with Gasteiger partial charge in [0.15, 0.2) is 0 Å². The van der Waals surface area contributed by atoms with E-state index >= 15 is 0 Å². The number of hydrogen-bond acceptors (Lipinski definition) is 6. The van der Waals surface area contributed by atoms with Gasteiger partial charge in [-0.2, -0.15) is 5.10 Å². The summed E-state index contributed by atoms with van der Waals surface area (Å²) in [6, 6.07) is 12.8. The highest BCUT2D eigenvalue weighted by Gasteiger charge is 2.17. The molecular weight excluding hydrogens is 380 g/mol. The van der Waals surface area contributed by atoms with Gasteiger partial charge in [0, 0.05) is 24.2 Å². The van der Waals surface area contributed by atoms with E-state index in [1.54, 1.807) is 7.05 Å². The molecule has 3 N–H and O–H groups in total. The largest absolute Gasteiger partial charge is 0.384 e. The van der Waals surface area contributed by atoms with Crippen LogP contribution in [0.4, 0.5) is 22.1 Å². The molecule has 0 bridgehead atoms.